The Morgan fingerprint density at radius 3 is 3.06 bits per heavy atom. The molecule has 0 bridgehead atoms. The summed E-state index contributed by atoms with van der Waals surface area (Å²) in [6.07, 6.45) is 14.2. The van der Waals surface area contributed by atoms with Crippen LogP contribution in [0.15, 0.2) is 60.2 Å². The number of likely N-dealkylation sites (tertiary alicyclic amines) is 1. The number of allylic oxidation sites excluding steroid dienone is 3. The van der Waals surface area contributed by atoms with E-state index in [9.17, 15) is 10.1 Å². The van der Waals surface area contributed by atoms with E-state index in [2.05, 4.69) is 17.1 Å². The van der Waals surface area contributed by atoms with Crippen molar-refractivity contribution in [2.24, 2.45) is 5.92 Å². The van der Waals surface area contributed by atoms with Crippen LogP contribution in [0, 0.1) is 17.2 Å². The normalized spacial score (nSPS) is 23.7. The zero-order valence-corrected chi connectivity index (χ0v) is 19.7. The van der Waals surface area contributed by atoms with Crippen LogP contribution >= 0.6 is 0 Å². The van der Waals surface area contributed by atoms with Crippen LogP contribution in [-0.2, 0) is 19.0 Å². The minimum atomic E-state index is -0.0613. The third kappa shape index (κ3) is 4.88. The third-order valence-electron chi connectivity index (χ3n) is 6.58. The van der Waals surface area contributed by atoms with Crippen molar-refractivity contribution in [3.05, 3.63) is 65.7 Å². The van der Waals surface area contributed by atoms with Crippen LogP contribution in [0.2, 0.25) is 0 Å². The number of rotatable bonds is 6. The molecule has 3 aliphatic heterocycles. The van der Waals surface area contributed by atoms with E-state index in [1.54, 1.807) is 24.7 Å². The molecule has 1 aromatic heterocycles. The molecule has 9 heteroatoms. The quantitative estimate of drug-likeness (QED) is 0.617. The highest BCUT2D eigenvalue weighted by Crippen LogP contribution is 2.33. The van der Waals surface area contributed by atoms with Gasteiger partial charge in [-0.1, -0.05) is 6.08 Å². The van der Waals surface area contributed by atoms with E-state index >= 15 is 0 Å². The van der Waals surface area contributed by atoms with Gasteiger partial charge in [-0.25, -0.2) is 4.98 Å². The maximum Gasteiger partial charge on any atom is 0.231 e. The Labute approximate surface area is 204 Å². The lowest BCUT2D eigenvalue weighted by atomic mass is 10.0. The first kappa shape index (κ1) is 23.0. The van der Waals surface area contributed by atoms with Gasteiger partial charge in [-0.3, -0.25) is 4.79 Å². The van der Waals surface area contributed by atoms with Crippen molar-refractivity contribution in [1.29, 1.82) is 5.26 Å². The summed E-state index contributed by atoms with van der Waals surface area (Å²) in [6, 6.07) is 3.84. The van der Waals surface area contributed by atoms with E-state index in [0.29, 0.717) is 37.6 Å². The fraction of sp³-hybridized carbons (Fsp3) is 0.423. The Morgan fingerprint density at radius 1 is 1.34 bits per heavy atom. The van der Waals surface area contributed by atoms with Gasteiger partial charge in [-0.15, -0.1) is 0 Å². The molecule has 0 aromatic carbocycles. The van der Waals surface area contributed by atoms with Gasteiger partial charge in [0.1, 0.15) is 35.5 Å². The fourth-order valence-corrected chi connectivity index (χ4v) is 4.69. The molecule has 1 unspecified atom stereocenters. The molecule has 1 aliphatic carbocycles. The summed E-state index contributed by atoms with van der Waals surface area (Å²) < 4.78 is 22.8. The second kappa shape index (κ2) is 10.2. The molecule has 5 rings (SSSR count). The van der Waals surface area contributed by atoms with Gasteiger partial charge in [0, 0.05) is 31.3 Å². The average molecular weight is 477 g/mol. The molecule has 0 N–H and O–H groups in total. The van der Waals surface area contributed by atoms with E-state index in [4.69, 9.17) is 18.9 Å². The van der Waals surface area contributed by atoms with Crippen molar-refractivity contribution in [3.63, 3.8) is 0 Å². The van der Waals surface area contributed by atoms with Crippen molar-refractivity contribution < 1.29 is 23.7 Å². The van der Waals surface area contributed by atoms with Gasteiger partial charge in [0.25, 0.3) is 0 Å². The molecule has 0 radical (unpaired) electrons. The van der Waals surface area contributed by atoms with E-state index in [-0.39, 0.29) is 23.8 Å². The molecule has 35 heavy (non-hydrogen) atoms. The predicted molar refractivity (Wildman–Crippen MR) is 127 cm³/mol. The van der Waals surface area contributed by atoms with Crippen LogP contribution in [0.25, 0.3) is 0 Å². The van der Waals surface area contributed by atoms with Crippen molar-refractivity contribution in [2.75, 3.05) is 38.3 Å². The highest BCUT2D eigenvalue weighted by Gasteiger charge is 2.34. The van der Waals surface area contributed by atoms with Crippen LogP contribution in [0.5, 0.6) is 5.88 Å². The van der Waals surface area contributed by atoms with Gasteiger partial charge in [0.05, 0.1) is 44.3 Å². The summed E-state index contributed by atoms with van der Waals surface area (Å²) in [5.41, 5.74) is 2.04. The van der Waals surface area contributed by atoms with Crippen LogP contribution in [0.3, 0.4) is 0 Å². The monoisotopic (exact) mass is 476 g/mol. The van der Waals surface area contributed by atoms with Crippen LogP contribution < -0.4 is 9.64 Å². The first-order valence-corrected chi connectivity index (χ1v) is 11.9. The summed E-state index contributed by atoms with van der Waals surface area (Å²) in [5.74, 6) is 1.89. The van der Waals surface area contributed by atoms with Crippen molar-refractivity contribution >= 4 is 11.6 Å². The molecule has 9 nitrogen and oxygen atoms in total. The highest BCUT2D eigenvalue weighted by atomic mass is 16.5. The Balaban J connectivity index is 1.32. The lowest BCUT2D eigenvalue weighted by Crippen LogP contribution is -2.35. The number of hydrogen-bond acceptors (Lipinski definition) is 8. The number of carbonyl (C=O) groups is 1. The highest BCUT2D eigenvalue weighted by molar-refractivity contribution is 5.79. The number of nitriles is 1. The Bertz CT molecular complexity index is 1140. The first-order valence-electron chi connectivity index (χ1n) is 11.9. The molecule has 0 saturated carbocycles. The number of anilines is 1. The van der Waals surface area contributed by atoms with Crippen LogP contribution in [-0.4, -0.2) is 55.3 Å². The SMILES string of the molecule is COc1ncc(N2C=COC(C3=C(O[C@H]4CCN(C(=O)C5CCOC5)C4)C=CCC3)=C2)cc1C#N. The molecule has 2 fully saturated rings. The lowest BCUT2D eigenvalue weighted by molar-refractivity contribution is -0.134. The molecule has 4 heterocycles. The number of nitrogens with zero attached hydrogens (tertiary/aromatic N) is 4. The largest absolute Gasteiger partial charge is 0.488 e. The van der Waals surface area contributed by atoms with Gasteiger partial charge in [-0.05, 0) is 31.4 Å². The van der Waals surface area contributed by atoms with Crippen molar-refractivity contribution in [3.8, 4) is 11.9 Å². The number of hydrogen-bond donors (Lipinski definition) is 0. The zero-order valence-electron chi connectivity index (χ0n) is 19.7. The van der Waals surface area contributed by atoms with Crippen molar-refractivity contribution in [2.45, 2.75) is 31.8 Å². The second-order valence-electron chi connectivity index (χ2n) is 8.82. The fourth-order valence-electron chi connectivity index (χ4n) is 4.69. The Kier molecular flexibility index (Phi) is 6.73. The number of pyridine rings is 1. The topological polar surface area (TPSA) is 97.2 Å². The predicted octanol–water partition coefficient (Wildman–Crippen LogP) is 3.37. The standard InChI is InChI=1S/C26H28N4O5/c1-32-25-19(13-27)12-20(14-28-25)29-9-11-34-24(16-29)22-4-2-3-5-23(22)35-21-6-8-30(15-21)26(31)18-7-10-33-17-18/h3,5,9,11-12,14,16,18,21H,2,4,6-8,10,15,17H2,1H3/t18?,21-/m0/s1. The molecular weight excluding hydrogens is 448 g/mol. The number of methoxy groups -OCH3 is 1. The Morgan fingerprint density at radius 2 is 2.26 bits per heavy atom. The van der Waals surface area contributed by atoms with E-state index in [0.717, 1.165) is 42.7 Å². The van der Waals surface area contributed by atoms with Gasteiger partial charge in [-0.2, -0.15) is 5.26 Å². The van der Waals surface area contributed by atoms with E-state index < -0.39 is 0 Å². The number of carbonyl (C=O) groups excluding carboxylic acids is 1. The zero-order chi connectivity index (χ0) is 24.2. The maximum absolute atomic E-state index is 12.7. The smallest absolute Gasteiger partial charge is 0.231 e. The summed E-state index contributed by atoms with van der Waals surface area (Å²) in [7, 11) is 1.49. The minimum absolute atomic E-state index is 0.0225. The molecule has 182 valence electrons. The van der Waals surface area contributed by atoms with Crippen LogP contribution in [0.1, 0.15) is 31.2 Å². The van der Waals surface area contributed by atoms with Gasteiger partial charge in [0.15, 0.2) is 0 Å². The molecular formula is C26H28N4O5. The first-order chi connectivity index (χ1) is 17.2. The lowest BCUT2D eigenvalue weighted by Gasteiger charge is -2.26. The van der Waals surface area contributed by atoms with E-state index in [1.165, 1.54) is 7.11 Å². The Hall–Kier alpha value is -3.77. The van der Waals surface area contributed by atoms with Crippen molar-refractivity contribution in [1.82, 2.24) is 9.88 Å². The van der Waals surface area contributed by atoms with Gasteiger partial charge < -0.3 is 28.7 Å². The van der Waals surface area contributed by atoms with E-state index in [1.807, 2.05) is 22.1 Å². The number of aromatic nitrogens is 1. The summed E-state index contributed by atoms with van der Waals surface area (Å²) in [6.45, 7) is 2.47. The maximum atomic E-state index is 12.7. The summed E-state index contributed by atoms with van der Waals surface area (Å²) >= 11 is 0. The average Bonchev–Trinajstić information content (AvgIpc) is 3.61. The minimum Gasteiger partial charge on any atom is -0.488 e. The molecule has 4 aliphatic rings. The third-order valence-corrected chi connectivity index (χ3v) is 6.58. The summed E-state index contributed by atoms with van der Waals surface area (Å²) in [4.78, 5) is 20.7. The molecule has 2 saturated heterocycles. The van der Waals surface area contributed by atoms with Crippen LogP contribution in [0.4, 0.5) is 5.69 Å². The summed E-state index contributed by atoms with van der Waals surface area (Å²) in [5, 5.41) is 9.40. The number of amides is 1. The molecule has 0 spiro atoms. The second-order valence-corrected chi connectivity index (χ2v) is 8.82. The molecule has 1 aromatic rings. The molecule has 1 amide bonds. The van der Waals surface area contributed by atoms with Gasteiger partial charge in [0.2, 0.25) is 11.8 Å². The molecule has 2 atom stereocenters. The van der Waals surface area contributed by atoms with Gasteiger partial charge >= 0.3 is 0 Å². The number of ether oxygens (including phenoxy) is 4.